The summed E-state index contributed by atoms with van der Waals surface area (Å²) in [4.78, 5) is 32.8. The maximum absolute atomic E-state index is 11.6. The van der Waals surface area contributed by atoms with Gasteiger partial charge in [0.1, 0.15) is 4.70 Å². The summed E-state index contributed by atoms with van der Waals surface area (Å²) in [6.45, 7) is 2.93. The molecule has 1 aromatic carbocycles. The van der Waals surface area contributed by atoms with E-state index >= 15 is 0 Å². The van der Waals surface area contributed by atoms with Crippen molar-refractivity contribution in [3.05, 3.63) is 37.5 Å². The molecule has 0 aliphatic carbocycles. The number of aromatic nitrogens is 1. The molecule has 0 saturated carbocycles. The molecule has 0 aliphatic heterocycles. The van der Waals surface area contributed by atoms with Crippen molar-refractivity contribution in [1.29, 1.82) is 0 Å². The van der Waals surface area contributed by atoms with E-state index in [1.807, 2.05) is 0 Å². The Hall–Kier alpha value is -2.02. The predicted molar refractivity (Wildman–Crippen MR) is 63.8 cm³/mol. The number of benzene rings is 1. The lowest BCUT2D eigenvalue weighted by molar-refractivity contribution is -0.382. The van der Waals surface area contributed by atoms with Crippen LogP contribution >= 0.6 is 11.3 Å². The molecule has 0 atom stereocenters. The molecule has 0 spiro atoms. The van der Waals surface area contributed by atoms with Crippen molar-refractivity contribution >= 4 is 33.1 Å². The molecule has 1 aromatic heterocycles. The highest BCUT2D eigenvalue weighted by Crippen LogP contribution is 2.29. The molecule has 17 heavy (non-hydrogen) atoms. The van der Waals surface area contributed by atoms with E-state index in [1.165, 1.54) is 13.0 Å². The van der Waals surface area contributed by atoms with Gasteiger partial charge in [0.25, 0.3) is 5.69 Å². The summed E-state index contributed by atoms with van der Waals surface area (Å²) in [7, 11) is 0. The van der Waals surface area contributed by atoms with Gasteiger partial charge >= 0.3 is 4.87 Å². The number of hydrogen-bond donors (Lipinski definition) is 0. The zero-order valence-corrected chi connectivity index (χ0v) is 9.91. The molecule has 0 unspecified atom stereocenters. The van der Waals surface area contributed by atoms with Crippen LogP contribution in [0, 0.1) is 17.0 Å². The first-order chi connectivity index (χ1) is 7.91. The molecule has 0 fully saturated rings. The average molecular weight is 252 g/mol. The maximum atomic E-state index is 11.6. The molecular weight excluding hydrogens is 244 g/mol. The van der Waals surface area contributed by atoms with Gasteiger partial charge in [-0.15, -0.1) is 0 Å². The summed E-state index contributed by atoms with van der Waals surface area (Å²) < 4.78 is 1.20. The number of hydrogen-bond acceptors (Lipinski definition) is 5. The minimum Gasteiger partial charge on any atom is -0.274 e. The minimum atomic E-state index is -0.546. The van der Waals surface area contributed by atoms with E-state index in [0.717, 1.165) is 4.57 Å². The Kier molecular flexibility index (Phi) is 2.55. The van der Waals surface area contributed by atoms with Crippen LogP contribution in [-0.4, -0.2) is 15.4 Å². The third-order valence-corrected chi connectivity index (χ3v) is 3.30. The van der Waals surface area contributed by atoms with Gasteiger partial charge in [0.15, 0.2) is 0 Å². The molecule has 88 valence electrons. The van der Waals surface area contributed by atoms with E-state index in [-0.39, 0.29) is 10.4 Å². The quantitative estimate of drug-likeness (QED) is 0.573. The number of rotatable bonds is 1. The van der Waals surface area contributed by atoms with Crippen molar-refractivity contribution < 1.29 is 9.72 Å². The Balaban J connectivity index is 2.99. The highest BCUT2D eigenvalue weighted by Gasteiger charge is 2.20. The van der Waals surface area contributed by atoms with Gasteiger partial charge in [0.05, 0.1) is 10.4 Å². The summed E-state index contributed by atoms with van der Waals surface area (Å²) in [6, 6.07) is 2.99. The molecule has 6 nitrogen and oxygen atoms in total. The lowest BCUT2D eigenvalue weighted by Gasteiger charge is -1.99. The molecule has 0 saturated heterocycles. The van der Waals surface area contributed by atoms with Crippen molar-refractivity contribution in [1.82, 2.24) is 4.57 Å². The van der Waals surface area contributed by atoms with Crippen LogP contribution in [0.3, 0.4) is 0 Å². The molecule has 0 N–H and O–H groups in total. The van der Waals surface area contributed by atoms with Crippen LogP contribution in [0.15, 0.2) is 16.9 Å². The van der Waals surface area contributed by atoms with Gasteiger partial charge in [-0.3, -0.25) is 19.7 Å². The molecule has 2 rings (SSSR count). The molecule has 1 heterocycles. The van der Waals surface area contributed by atoms with Crippen LogP contribution in [-0.2, 0) is 0 Å². The number of carbonyl (C=O) groups excluding carboxylic acids is 1. The number of fused-ring (bicyclic) bond motifs is 1. The summed E-state index contributed by atoms with van der Waals surface area (Å²) in [5, 5.41) is 10.9. The van der Waals surface area contributed by atoms with Crippen molar-refractivity contribution in [2.24, 2.45) is 0 Å². The summed E-state index contributed by atoms with van der Waals surface area (Å²) in [5.74, 6) is -0.443. The first-order valence-corrected chi connectivity index (χ1v) is 5.55. The molecule has 0 amide bonds. The fraction of sp³-hybridized carbons (Fsp3) is 0.200. The van der Waals surface area contributed by atoms with Gasteiger partial charge in [0, 0.05) is 13.0 Å². The van der Waals surface area contributed by atoms with Crippen LogP contribution in [0.4, 0.5) is 5.69 Å². The van der Waals surface area contributed by atoms with Gasteiger partial charge in [-0.25, -0.2) is 4.57 Å². The molecule has 0 bridgehead atoms. The SMILES string of the molecule is CC(=O)n1c(=O)sc2c([N+](=O)[O-])cc(C)cc21. The zero-order chi connectivity index (χ0) is 12.7. The zero-order valence-electron chi connectivity index (χ0n) is 9.09. The molecular formula is C10H8N2O4S. The third-order valence-electron chi connectivity index (χ3n) is 2.32. The Bertz CT molecular complexity index is 698. The van der Waals surface area contributed by atoms with E-state index in [1.54, 1.807) is 13.0 Å². The summed E-state index contributed by atoms with van der Waals surface area (Å²) in [5.41, 5.74) is 0.804. The Morgan fingerprint density at radius 2 is 2.12 bits per heavy atom. The maximum Gasteiger partial charge on any atom is 0.315 e. The van der Waals surface area contributed by atoms with E-state index in [4.69, 9.17) is 0 Å². The lowest BCUT2D eigenvalue weighted by Crippen LogP contribution is -2.18. The van der Waals surface area contributed by atoms with Gasteiger partial charge in [-0.2, -0.15) is 0 Å². The van der Waals surface area contributed by atoms with Crippen molar-refractivity contribution in [3.8, 4) is 0 Å². The fourth-order valence-electron chi connectivity index (χ4n) is 1.67. The smallest absolute Gasteiger partial charge is 0.274 e. The van der Waals surface area contributed by atoms with Crippen LogP contribution in [0.5, 0.6) is 0 Å². The van der Waals surface area contributed by atoms with Gasteiger partial charge < -0.3 is 0 Å². The van der Waals surface area contributed by atoms with Crippen molar-refractivity contribution in [2.75, 3.05) is 0 Å². The fourth-order valence-corrected chi connectivity index (χ4v) is 2.66. The minimum absolute atomic E-state index is 0.137. The average Bonchev–Trinajstić information content (AvgIpc) is 2.52. The molecule has 0 radical (unpaired) electrons. The Morgan fingerprint density at radius 3 is 2.65 bits per heavy atom. The first-order valence-electron chi connectivity index (χ1n) is 4.73. The topological polar surface area (TPSA) is 82.2 Å². The predicted octanol–water partition coefficient (Wildman–Crippen LogP) is 1.94. The molecule has 0 aliphatic rings. The number of nitro groups is 1. The third kappa shape index (κ3) is 1.74. The van der Waals surface area contributed by atoms with E-state index in [0.29, 0.717) is 22.4 Å². The van der Waals surface area contributed by atoms with E-state index in [9.17, 15) is 19.7 Å². The van der Waals surface area contributed by atoms with Crippen LogP contribution in [0.2, 0.25) is 0 Å². The number of aryl methyl sites for hydroxylation is 1. The van der Waals surface area contributed by atoms with Crippen molar-refractivity contribution in [3.63, 3.8) is 0 Å². The first kappa shape index (κ1) is 11.5. The second kappa shape index (κ2) is 3.77. The number of thiazole rings is 1. The number of nitrogens with zero attached hydrogens (tertiary/aromatic N) is 2. The van der Waals surface area contributed by atoms with Crippen LogP contribution in [0.1, 0.15) is 17.3 Å². The summed E-state index contributed by atoms with van der Waals surface area (Å²) in [6.07, 6.45) is 0. The van der Waals surface area contributed by atoms with Gasteiger partial charge in [-0.1, -0.05) is 11.3 Å². The highest BCUT2D eigenvalue weighted by molar-refractivity contribution is 7.17. The second-order valence-electron chi connectivity index (χ2n) is 3.61. The largest absolute Gasteiger partial charge is 0.315 e. The number of nitro benzene ring substituents is 1. The van der Waals surface area contributed by atoms with Crippen LogP contribution < -0.4 is 4.87 Å². The second-order valence-corrected chi connectivity index (χ2v) is 4.57. The number of carbonyl (C=O) groups is 1. The molecule has 7 heteroatoms. The monoisotopic (exact) mass is 252 g/mol. The summed E-state index contributed by atoms with van der Waals surface area (Å²) >= 11 is 0.716. The molecule has 2 aromatic rings. The standard InChI is InChI=1S/C10H8N2O4S/c1-5-3-7-9(8(4-5)12(15)16)17-10(14)11(7)6(2)13/h3-4H,1-2H3. The van der Waals surface area contributed by atoms with Crippen LogP contribution in [0.25, 0.3) is 10.2 Å². The Morgan fingerprint density at radius 1 is 1.47 bits per heavy atom. The lowest BCUT2D eigenvalue weighted by atomic mass is 10.2. The Labute approximate surface area is 99.3 Å². The van der Waals surface area contributed by atoms with E-state index in [2.05, 4.69) is 0 Å². The van der Waals surface area contributed by atoms with Crippen molar-refractivity contribution in [2.45, 2.75) is 13.8 Å². The van der Waals surface area contributed by atoms with E-state index < -0.39 is 15.7 Å². The number of non-ortho nitro benzene ring substituents is 1. The van der Waals surface area contributed by atoms with Gasteiger partial charge in [0.2, 0.25) is 5.91 Å². The normalized spacial score (nSPS) is 10.7. The van der Waals surface area contributed by atoms with Gasteiger partial charge in [-0.05, 0) is 18.6 Å². The highest BCUT2D eigenvalue weighted by atomic mass is 32.1.